The Labute approximate surface area is 144 Å². The zero-order chi connectivity index (χ0) is 17.4. The summed E-state index contributed by atoms with van der Waals surface area (Å²) >= 11 is 0. The molecule has 4 nitrogen and oxygen atoms in total. The summed E-state index contributed by atoms with van der Waals surface area (Å²) in [4.78, 5) is 0. The fraction of sp³-hybridized carbons (Fsp3) is 0.400. The molecule has 130 valence electrons. The molecule has 0 aliphatic heterocycles. The molecule has 24 heavy (non-hydrogen) atoms. The van der Waals surface area contributed by atoms with Crippen molar-refractivity contribution in [2.45, 2.75) is 25.4 Å². The number of ether oxygens (including phenoxy) is 2. The molecule has 2 rings (SSSR count). The second-order valence-corrected chi connectivity index (χ2v) is 5.93. The normalized spacial score (nSPS) is 13.3. The van der Waals surface area contributed by atoms with Crippen molar-refractivity contribution in [3.63, 3.8) is 0 Å². The van der Waals surface area contributed by atoms with E-state index in [1.165, 1.54) is 5.56 Å². The predicted octanol–water partition coefficient (Wildman–Crippen LogP) is 3.52. The maximum Gasteiger partial charge on any atom is 0.124 e. The van der Waals surface area contributed by atoms with E-state index in [1.54, 1.807) is 14.2 Å². The van der Waals surface area contributed by atoms with Crippen LogP contribution >= 0.6 is 0 Å². The summed E-state index contributed by atoms with van der Waals surface area (Å²) in [5, 5.41) is 13.8. The topological polar surface area (TPSA) is 50.7 Å². The molecule has 4 heteroatoms. The minimum Gasteiger partial charge on any atom is -0.497 e. The summed E-state index contributed by atoms with van der Waals surface area (Å²) in [6, 6.07) is 15.9. The van der Waals surface area contributed by atoms with Crippen LogP contribution in [-0.2, 0) is 0 Å². The van der Waals surface area contributed by atoms with Crippen LogP contribution in [0.4, 0.5) is 0 Å². The molecule has 0 heterocycles. The molecule has 2 N–H and O–H groups in total. The minimum absolute atomic E-state index is 0.477. The van der Waals surface area contributed by atoms with E-state index < -0.39 is 6.10 Å². The lowest BCUT2D eigenvalue weighted by Crippen LogP contribution is -2.23. The number of benzene rings is 2. The third-order valence-corrected chi connectivity index (χ3v) is 4.26. The van der Waals surface area contributed by atoms with Crippen LogP contribution in [0.3, 0.4) is 0 Å². The van der Waals surface area contributed by atoms with Crippen molar-refractivity contribution >= 4 is 0 Å². The Bertz CT molecular complexity index is 616. The summed E-state index contributed by atoms with van der Waals surface area (Å²) in [6.45, 7) is 3.54. The van der Waals surface area contributed by atoms with Gasteiger partial charge in [-0.05, 0) is 42.6 Å². The SMILES string of the molecule is COc1ccc(OC)c(C(O)CNCCC(C)c2ccccc2)c1. The maximum atomic E-state index is 10.4. The van der Waals surface area contributed by atoms with E-state index in [0.29, 0.717) is 24.0 Å². The van der Waals surface area contributed by atoms with Gasteiger partial charge in [-0.1, -0.05) is 37.3 Å². The van der Waals surface area contributed by atoms with Gasteiger partial charge in [-0.25, -0.2) is 0 Å². The average molecular weight is 329 g/mol. The number of methoxy groups -OCH3 is 2. The van der Waals surface area contributed by atoms with E-state index in [0.717, 1.165) is 18.5 Å². The number of aliphatic hydroxyl groups is 1. The minimum atomic E-state index is -0.637. The van der Waals surface area contributed by atoms with E-state index in [1.807, 2.05) is 24.3 Å². The number of aliphatic hydroxyl groups excluding tert-OH is 1. The Balaban J connectivity index is 1.84. The van der Waals surface area contributed by atoms with Gasteiger partial charge in [0.15, 0.2) is 0 Å². The lowest BCUT2D eigenvalue weighted by atomic mass is 9.98. The standard InChI is InChI=1S/C20H27NO3/c1-15(16-7-5-4-6-8-16)11-12-21-14-19(22)18-13-17(23-2)9-10-20(18)24-3/h4-10,13,15,19,21-22H,11-12,14H2,1-3H3. The zero-order valence-corrected chi connectivity index (χ0v) is 14.7. The highest BCUT2D eigenvalue weighted by Crippen LogP contribution is 2.29. The van der Waals surface area contributed by atoms with Crippen molar-refractivity contribution in [1.82, 2.24) is 5.32 Å². The molecule has 0 spiro atoms. The fourth-order valence-electron chi connectivity index (χ4n) is 2.72. The second kappa shape index (κ2) is 9.30. The third kappa shape index (κ3) is 4.98. The first-order chi connectivity index (χ1) is 11.7. The van der Waals surface area contributed by atoms with E-state index in [2.05, 4.69) is 36.5 Å². The Kier molecular flexibility index (Phi) is 7.09. The Morgan fingerprint density at radius 3 is 2.46 bits per heavy atom. The van der Waals surface area contributed by atoms with Gasteiger partial charge >= 0.3 is 0 Å². The quantitative estimate of drug-likeness (QED) is 0.691. The third-order valence-electron chi connectivity index (χ3n) is 4.26. The summed E-state index contributed by atoms with van der Waals surface area (Å²) < 4.78 is 10.5. The van der Waals surface area contributed by atoms with Crippen molar-refractivity contribution in [2.24, 2.45) is 0 Å². The van der Waals surface area contributed by atoms with Crippen LogP contribution in [0.25, 0.3) is 0 Å². The summed E-state index contributed by atoms with van der Waals surface area (Å²) in [5.74, 6) is 1.87. The molecular weight excluding hydrogens is 302 g/mol. The molecule has 0 radical (unpaired) electrons. The Hall–Kier alpha value is -2.04. The van der Waals surface area contributed by atoms with Gasteiger partial charge in [0.1, 0.15) is 11.5 Å². The molecule has 0 aromatic heterocycles. The van der Waals surface area contributed by atoms with Crippen LogP contribution in [-0.4, -0.2) is 32.4 Å². The first-order valence-electron chi connectivity index (χ1n) is 8.31. The molecule has 0 saturated heterocycles. The predicted molar refractivity (Wildman–Crippen MR) is 96.8 cm³/mol. The molecular formula is C20H27NO3. The van der Waals surface area contributed by atoms with Crippen LogP contribution in [0.1, 0.15) is 36.5 Å². The van der Waals surface area contributed by atoms with E-state index in [-0.39, 0.29) is 0 Å². The number of hydrogen-bond donors (Lipinski definition) is 2. The summed E-state index contributed by atoms with van der Waals surface area (Å²) in [6.07, 6.45) is 0.383. The van der Waals surface area contributed by atoms with Crippen molar-refractivity contribution < 1.29 is 14.6 Å². The van der Waals surface area contributed by atoms with E-state index >= 15 is 0 Å². The average Bonchev–Trinajstić information content (AvgIpc) is 2.64. The monoisotopic (exact) mass is 329 g/mol. The van der Waals surface area contributed by atoms with E-state index in [9.17, 15) is 5.11 Å². The molecule has 0 aliphatic carbocycles. The first kappa shape index (κ1) is 18.3. The van der Waals surface area contributed by atoms with Crippen molar-refractivity contribution in [1.29, 1.82) is 0 Å². The van der Waals surface area contributed by atoms with E-state index in [4.69, 9.17) is 9.47 Å². The zero-order valence-electron chi connectivity index (χ0n) is 14.7. The Morgan fingerprint density at radius 2 is 1.79 bits per heavy atom. The van der Waals surface area contributed by atoms with Crippen LogP contribution in [0.15, 0.2) is 48.5 Å². The summed E-state index contributed by atoms with van der Waals surface area (Å²) in [7, 11) is 3.22. The van der Waals surface area contributed by atoms with Gasteiger partial charge in [-0.2, -0.15) is 0 Å². The molecule has 2 atom stereocenters. The van der Waals surface area contributed by atoms with Crippen LogP contribution in [0, 0.1) is 0 Å². The highest BCUT2D eigenvalue weighted by molar-refractivity contribution is 5.41. The smallest absolute Gasteiger partial charge is 0.124 e. The van der Waals surface area contributed by atoms with Crippen molar-refractivity contribution in [3.05, 3.63) is 59.7 Å². The molecule has 2 unspecified atom stereocenters. The van der Waals surface area contributed by atoms with Gasteiger partial charge in [-0.3, -0.25) is 0 Å². The van der Waals surface area contributed by atoms with Gasteiger partial charge in [0.05, 0.1) is 20.3 Å². The second-order valence-electron chi connectivity index (χ2n) is 5.93. The van der Waals surface area contributed by atoms with Gasteiger partial charge in [0.2, 0.25) is 0 Å². The molecule has 0 bridgehead atoms. The molecule has 0 aliphatic rings. The number of hydrogen-bond acceptors (Lipinski definition) is 4. The molecule has 2 aromatic carbocycles. The molecule has 0 saturated carbocycles. The first-order valence-corrected chi connectivity index (χ1v) is 8.31. The molecule has 0 fully saturated rings. The highest BCUT2D eigenvalue weighted by atomic mass is 16.5. The maximum absolute atomic E-state index is 10.4. The molecule has 2 aromatic rings. The van der Waals surface area contributed by atoms with Gasteiger partial charge < -0.3 is 19.9 Å². The van der Waals surface area contributed by atoms with Crippen molar-refractivity contribution in [3.8, 4) is 11.5 Å². The van der Waals surface area contributed by atoms with Crippen LogP contribution < -0.4 is 14.8 Å². The van der Waals surface area contributed by atoms with Crippen molar-refractivity contribution in [2.75, 3.05) is 27.3 Å². The fourth-order valence-corrected chi connectivity index (χ4v) is 2.72. The van der Waals surface area contributed by atoms with Crippen LogP contribution in [0.5, 0.6) is 11.5 Å². The lowest BCUT2D eigenvalue weighted by molar-refractivity contribution is 0.170. The molecule has 0 amide bonds. The highest BCUT2D eigenvalue weighted by Gasteiger charge is 2.14. The largest absolute Gasteiger partial charge is 0.497 e. The lowest BCUT2D eigenvalue weighted by Gasteiger charge is -2.17. The van der Waals surface area contributed by atoms with Gasteiger partial charge in [-0.15, -0.1) is 0 Å². The Morgan fingerprint density at radius 1 is 1.04 bits per heavy atom. The van der Waals surface area contributed by atoms with Crippen LogP contribution in [0.2, 0.25) is 0 Å². The van der Waals surface area contributed by atoms with Gasteiger partial charge in [0, 0.05) is 12.1 Å². The number of nitrogens with one attached hydrogen (secondary N) is 1. The number of rotatable bonds is 9. The van der Waals surface area contributed by atoms with Gasteiger partial charge in [0.25, 0.3) is 0 Å². The summed E-state index contributed by atoms with van der Waals surface area (Å²) in [5.41, 5.74) is 2.08.